The quantitative estimate of drug-likeness (QED) is 0.560. The first kappa shape index (κ1) is 24.7. The van der Waals surface area contributed by atoms with Crippen LogP contribution < -0.4 is 10.2 Å². The summed E-state index contributed by atoms with van der Waals surface area (Å²) >= 11 is 6.12. The van der Waals surface area contributed by atoms with Crippen molar-refractivity contribution in [2.75, 3.05) is 37.6 Å². The first-order valence-electron chi connectivity index (χ1n) is 12.3. The maximum absolute atomic E-state index is 13.7. The first-order chi connectivity index (χ1) is 16.3. The third-order valence-electron chi connectivity index (χ3n) is 7.15. The van der Waals surface area contributed by atoms with Crippen LogP contribution in [0.5, 0.6) is 0 Å². The van der Waals surface area contributed by atoms with Gasteiger partial charge in [0.05, 0.1) is 5.92 Å². The lowest BCUT2D eigenvalue weighted by Gasteiger charge is -2.38. The molecule has 1 saturated heterocycles. The van der Waals surface area contributed by atoms with Gasteiger partial charge in [-0.1, -0.05) is 36.7 Å². The van der Waals surface area contributed by atoms with Gasteiger partial charge in [0.2, 0.25) is 5.91 Å². The number of fused-ring (bicyclic) bond motifs is 1. The molecule has 6 nitrogen and oxygen atoms in total. The van der Waals surface area contributed by atoms with E-state index in [1.54, 1.807) is 6.33 Å². The van der Waals surface area contributed by atoms with Crippen LogP contribution in [0.3, 0.4) is 0 Å². The third kappa shape index (κ3) is 5.44. The molecule has 34 heavy (non-hydrogen) atoms. The van der Waals surface area contributed by atoms with Gasteiger partial charge in [-0.25, -0.2) is 9.97 Å². The summed E-state index contributed by atoms with van der Waals surface area (Å²) in [6.45, 7) is 13.9. The zero-order valence-electron chi connectivity index (χ0n) is 20.6. The fraction of sp³-hybridized carbons (Fsp3) is 0.519. The smallest absolute Gasteiger partial charge is 0.231 e. The Morgan fingerprint density at radius 2 is 1.94 bits per heavy atom. The lowest BCUT2D eigenvalue weighted by atomic mass is 9.94. The summed E-state index contributed by atoms with van der Waals surface area (Å²) in [7, 11) is 0. The molecule has 182 valence electrons. The van der Waals surface area contributed by atoms with Crippen molar-refractivity contribution in [1.82, 2.24) is 20.2 Å². The van der Waals surface area contributed by atoms with Crippen molar-refractivity contribution >= 4 is 23.3 Å². The van der Waals surface area contributed by atoms with E-state index in [0.29, 0.717) is 30.6 Å². The summed E-state index contributed by atoms with van der Waals surface area (Å²) < 4.78 is 0. The van der Waals surface area contributed by atoms with E-state index in [-0.39, 0.29) is 17.4 Å². The maximum atomic E-state index is 13.7. The normalized spacial score (nSPS) is 19.1. The van der Waals surface area contributed by atoms with Crippen LogP contribution in [0.15, 0.2) is 43.2 Å². The molecule has 2 aliphatic rings. The molecular weight excluding hydrogens is 446 g/mol. The van der Waals surface area contributed by atoms with Gasteiger partial charge < -0.3 is 15.1 Å². The Balaban J connectivity index is 1.47. The molecule has 1 aromatic carbocycles. The van der Waals surface area contributed by atoms with Crippen LogP contribution >= 0.6 is 11.6 Å². The average Bonchev–Trinajstić information content (AvgIpc) is 3.21. The van der Waals surface area contributed by atoms with Crippen LogP contribution in [-0.2, 0) is 11.2 Å². The molecule has 1 aromatic heterocycles. The number of aromatic nitrogens is 2. The summed E-state index contributed by atoms with van der Waals surface area (Å²) in [6, 6.07) is 7.66. The highest BCUT2D eigenvalue weighted by molar-refractivity contribution is 6.30. The fourth-order valence-corrected chi connectivity index (χ4v) is 5.21. The third-order valence-corrected chi connectivity index (χ3v) is 7.41. The van der Waals surface area contributed by atoms with Gasteiger partial charge in [-0.3, -0.25) is 4.79 Å². The molecule has 0 bridgehead atoms. The number of anilines is 1. The summed E-state index contributed by atoms with van der Waals surface area (Å²) in [6.07, 6.45) is 6.60. The van der Waals surface area contributed by atoms with Gasteiger partial charge in [-0.2, -0.15) is 0 Å². The van der Waals surface area contributed by atoms with E-state index in [1.807, 2.05) is 35.2 Å². The van der Waals surface area contributed by atoms with E-state index in [2.05, 4.69) is 47.5 Å². The summed E-state index contributed by atoms with van der Waals surface area (Å²) in [5.41, 5.74) is 3.35. The minimum absolute atomic E-state index is 0.129. The molecule has 1 N–H and O–H groups in total. The first-order valence-corrected chi connectivity index (χ1v) is 12.7. The molecule has 1 aliphatic carbocycles. The summed E-state index contributed by atoms with van der Waals surface area (Å²) in [5, 5.41) is 4.26. The van der Waals surface area contributed by atoms with Crippen LogP contribution in [0.1, 0.15) is 62.3 Å². The van der Waals surface area contributed by atoms with E-state index >= 15 is 0 Å². The van der Waals surface area contributed by atoms with Gasteiger partial charge in [0.1, 0.15) is 12.1 Å². The van der Waals surface area contributed by atoms with Crippen molar-refractivity contribution in [3.05, 3.63) is 65.1 Å². The Kier molecular flexibility index (Phi) is 7.58. The topological polar surface area (TPSA) is 61.4 Å². The summed E-state index contributed by atoms with van der Waals surface area (Å²) in [5.74, 6) is 1.44. The number of hydrogen-bond acceptors (Lipinski definition) is 5. The van der Waals surface area contributed by atoms with Gasteiger partial charge in [0, 0.05) is 54.5 Å². The number of nitrogens with zero attached hydrogens (tertiary/aromatic N) is 4. The second-order valence-electron chi connectivity index (χ2n) is 10.2. The highest BCUT2D eigenvalue weighted by Crippen LogP contribution is 2.37. The minimum Gasteiger partial charge on any atom is -0.353 e. The van der Waals surface area contributed by atoms with Gasteiger partial charge >= 0.3 is 0 Å². The van der Waals surface area contributed by atoms with Crippen molar-refractivity contribution in [2.24, 2.45) is 0 Å². The second-order valence-corrected chi connectivity index (χ2v) is 10.6. The number of halogens is 1. The Morgan fingerprint density at radius 3 is 2.62 bits per heavy atom. The predicted octanol–water partition coefficient (Wildman–Crippen LogP) is 4.56. The zero-order chi connectivity index (χ0) is 24.3. The number of amides is 1. The molecule has 0 unspecified atom stereocenters. The van der Waals surface area contributed by atoms with Crippen LogP contribution in [0, 0.1) is 0 Å². The van der Waals surface area contributed by atoms with Gasteiger partial charge in [0.15, 0.2) is 0 Å². The Bertz CT molecular complexity index is 1010. The molecule has 1 aliphatic heterocycles. The SMILES string of the molecule is C=CCC(C)(C)NC[C@@H](C(=O)N1CCN(c2ncnc3c2[C@H](C)CC3)CC1)c1ccc(Cl)cc1. The van der Waals surface area contributed by atoms with E-state index in [0.717, 1.165) is 43.7 Å². The molecule has 4 rings (SSSR count). The van der Waals surface area contributed by atoms with Crippen molar-refractivity contribution in [3.63, 3.8) is 0 Å². The molecule has 2 heterocycles. The molecule has 0 saturated carbocycles. The molecule has 1 amide bonds. The highest BCUT2D eigenvalue weighted by Gasteiger charge is 2.32. The molecule has 2 atom stereocenters. The van der Waals surface area contributed by atoms with Crippen molar-refractivity contribution in [3.8, 4) is 0 Å². The van der Waals surface area contributed by atoms with E-state index in [4.69, 9.17) is 11.6 Å². The Labute approximate surface area is 208 Å². The highest BCUT2D eigenvalue weighted by atomic mass is 35.5. The lowest BCUT2D eigenvalue weighted by Crippen LogP contribution is -2.52. The molecule has 7 heteroatoms. The van der Waals surface area contributed by atoms with E-state index in [9.17, 15) is 4.79 Å². The number of rotatable bonds is 8. The number of aryl methyl sites for hydroxylation is 1. The van der Waals surface area contributed by atoms with Crippen LogP contribution in [0.4, 0.5) is 5.82 Å². The van der Waals surface area contributed by atoms with E-state index in [1.165, 1.54) is 11.3 Å². The Hall–Kier alpha value is -2.44. The number of carbonyl (C=O) groups is 1. The standard InChI is InChI=1S/C27H36ClN5O/c1-5-12-27(3,4)31-17-22(20-7-9-21(28)10-8-20)26(34)33-15-13-32(14-16-33)25-24-19(2)6-11-23(24)29-18-30-25/h5,7-10,18-19,22,31H,1,6,11-17H2,2-4H3/t19-,22-/m1/s1. The predicted molar refractivity (Wildman–Crippen MR) is 139 cm³/mol. The monoisotopic (exact) mass is 481 g/mol. The minimum atomic E-state index is -0.267. The number of benzene rings is 1. The van der Waals surface area contributed by atoms with Crippen molar-refractivity contribution in [2.45, 2.75) is 57.4 Å². The van der Waals surface area contributed by atoms with Crippen LogP contribution in [0.2, 0.25) is 5.02 Å². The van der Waals surface area contributed by atoms with E-state index < -0.39 is 0 Å². The number of nitrogens with one attached hydrogen (secondary N) is 1. The van der Waals surface area contributed by atoms with Gasteiger partial charge in [-0.05, 0) is 56.7 Å². The van der Waals surface area contributed by atoms with Crippen LogP contribution in [0.25, 0.3) is 0 Å². The van der Waals surface area contributed by atoms with Crippen molar-refractivity contribution < 1.29 is 4.79 Å². The zero-order valence-corrected chi connectivity index (χ0v) is 21.3. The molecular formula is C27H36ClN5O. The molecule has 2 aromatic rings. The number of hydrogen-bond donors (Lipinski definition) is 1. The van der Waals surface area contributed by atoms with Gasteiger partial charge in [-0.15, -0.1) is 6.58 Å². The maximum Gasteiger partial charge on any atom is 0.231 e. The number of carbonyl (C=O) groups excluding carboxylic acids is 1. The number of piperazine rings is 1. The van der Waals surface area contributed by atoms with Crippen molar-refractivity contribution in [1.29, 1.82) is 0 Å². The largest absolute Gasteiger partial charge is 0.353 e. The fourth-order valence-electron chi connectivity index (χ4n) is 5.09. The molecule has 0 spiro atoms. The second kappa shape index (κ2) is 10.4. The van der Waals surface area contributed by atoms with Crippen LogP contribution in [-0.4, -0.2) is 59.0 Å². The average molecular weight is 482 g/mol. The summed E-state index contributed by atoms with van der Waals surface area (Å²) in [4.78, 5) is 27.2. The Morgan fingerprint density at radius 1 is 1.24 bits per heavy atom. The molecule has 0 radical (unpaired) electrons. The van der Waals surface area contributed by atoms with Gasteiger partial charge in [0.25, 0.3) is 0 Å². The lowest BCUT2D eigenvalue weighted by molar-refractivity contribution is -0.133. The molecule has 1 fully saturated rings.